The number of ether oxygens (including phenoxy) is 1. The Balaban J connectivity index is 2.50. The predicted molar refractivity (Wildman–Crippen MR) is 71.7 cm³/mol. The molecule has 0 bridgehead atoms. The zero-order chi connectivity index (χ0) is 13.1. The summed E-state index contributed by atoms with van der Waals surface area (Å²) in [5, 5.41) is 0. The van der Waals surface area contributed by atoms with Gasteiger partial charge in [0.15, 0.2) is 0 Å². The minimum Gasteiger partial charge on any atom is -0.393 e. The van der Waals surface area contributed by atoms with Crippen LogP contribution in [0.5, 0.6) is 0 Å². The summed E-state index contributed by atoms with van der Waals surface area (Å²) in [6.45, 7) is 6.01. The number of amides is 1. The van der Waals surface area contributed by atoms with Gasteiger partial charge in [0, 0.05) is 32.5 Å². The van der Waals surface area contributed by atoms with Crippen LogP contribution in [0.3, 0.4) is 0 Å². The van der Waals surface area contributed by atoms with E-state index in [1.807, 2.05) is 4.90 Å². The molecule has 17 heavy (non-hydrogen) atoms. The van der Waals surface area contributed by atoms with Gasteiger partial charge in [-0.25, -0.2) is 0 Å². The van der Waals surface area contributed by atoms with Crippen molar-refractivity contribution in [2.75, 3.05) is 26.8 Å². The molecule has 1 unspecified atom stereocenters. The van der Waals surface area contributed by atoms with Gasteiger partial charge < -0.3 is 15.4 Å². The molecule has 4 nitrogen and oxygen atoms in total. The Kier molecular flexibility index (Phi) is 4.89. The fourth-order valence-corrected chi connectivity index (χ4v) is 1.98. The largest absolute Gasteiger partial charge is 0.393 e. The molecule has 0 aromatic rings. The van der Waals surface area contributed by atoms with Crippen molar-refractivity contribution in [2.24, 2.45) is 17.1 Å². The number of carbonyl (C=O) groups is 1. The zero-order valence-corrected chi connectivity index (χ0v) is 11.7. The van der Waals surface area contributed by atoms with Crippen LogP contribution in [0.4, 0.5) is 0 Å². The maximum Gasteiger partial charge on any atom is 0.226 e. The second-order valence-corrected chi connectivity index (χ2v) is 5.80. The predicted octanol–water partition coefficient (Wildman–Crippen LogP) is 1.18. The van der Waals surface area contributed by atoms with Crippen LogP contribution in [0, 0.1) is 11.3 Å². The highest BCUT2D eigenvalue weighted by Crippen LogP contribution is 2.52. The van der Waals surface area contributed by atoms with Crippen LogP contribution in [0.1, 0.15) is 26.7 Å². The van der Waals surface area contributed by atoms with Crippen molar-refractivity contribution in [3.8, 4) is 0 Å². The molecule has 1 saturated carbocycles. The smallest absolute Gasteiger partial charge is 0.226 e. The number of hydrogen-bond acceptors (Lipinski definition) is 3. The molecule has 0 spiro atoms. The van der Waals surface area contributed by atoms with Gasteiger partial charge in [-0.05, 0) is 11.8 Å². The summed E-state index contributed by atoms with van der Waals surface area (Å²) in [6, 6.07) is 0. The van der Waals surface area contributed by atoms with Crippen molar-refractivity contribution < 1.29 is 9.53 Å². The fourth-order valence-electron chi connectivity index (χ4n) is 1.89. The van der Waals surface area contributed by atoms with Gasteiger partial charge in [-0.1, -0.05) is 26.1 Å². The van der Waals surface area contributed by atoms with E-state index in [9.17, 15) is 4.79 Å². The van der Waals surface area contributed by atoms with Crippen LogP contribution >= 0.6 is 12.2 Å². The van der Waals surface area contributed by atoms with Crippen LogP contribution in [0.25, 0.3) is 0 Å². The summed E-state index contributed by atoms with van der Waals surface area (Å²) in [6.07, 6.45) is 1.56. The van der Waals surface area contributed by atoms with Gasteiger partial charge in [-0.15, -0.1) is 0 Å². The van der Waals surface area contributed by atoms with Gasteiger partial charge in [-0.2, -0.15) is 0 Å². The van der Waals surface area contributed by atoms with Crippen molar-refractivity contribution in [3.05, 3.63) is 0 Å². The number of nitrogens with zero attached hydrogens (tertiary/aromatic N) is 1. The maximum atomic E-state index is 12.2. The van der Waals surface area contributed by atoms with E-state index in [-0.39, 0.29) is 17.2 Å². The zero-order valence-electron chi connectivity index (χ0n) is 10.9. The van der Waals surface area contributed by atoms with Gasteiger partial charge in [0.2, 0.25) is 5.91 Å². The van der Waals surface area contributed by atoms with E-state index >= 15 is 0 Å². The summed E-state index contributed by atoms with van der Waals surface area (Å²) in [4.78, 5) is 14.5. The third-order valence-electron chi connectivity index (χ3n) is 3.32. The number of nitrogens with two attached hydrogens (primary N) is 1. The lowest BCUT2D eigenvalue weighted by Gasteiger charge is -2.23. The molecule has 2 N–H and O–H groups in total. The highest BCUT2D eigenvalue weighted by atomic mass is 32.1. The minimum atomic E-state index is 0.158. The Bertz CT molecular complexity index is 305. The van der Waals surface area contributed by atoms with Gasteiger partial charge in [-0.3, -0.25) is 4.79 Å². The first-order valence-corrected chi connectivity index (χ1v) is 6.35. The molecular weight excluding hydrogens is 236 g/mol. The van der Waals surface area contributed by atoms with Gasteiger partial charge in [0.25, 0.3) is 0 Å². The summed E-state index contributed by atoms with van der Waals surface area (Å²) < 4.78 is 5.02. The lowest BCUT2D eigenvalue weighted by molar-refractivity contribution is -0.133. The second-order valence-electron chi connectivity index (χ2n) is 5.28. The van der Waals surface area contributed by atoms with E-state index in [4.69, 9.17) is 22.7 Å². The molecule has 0 aliphatic heterocycles. The van der Waals surface area contributed by atoms with E-state index in [0.717, 1.165) is 6.42 Å². The van der Waals surface area contributed by atoms with E-state index in [0.29, 0.717) is 31.1 Å². The Morgan fingerprint density at radius 3 is 2.53 bits per heavy atom. The van der Waals surface area contributed by atoms with Crippen molar-refractivity contribution in [3.63, 3.8) is 0 Å². The van der Waals surface area contributed by atoms with Crippen molar-refractivity contribution in [1.82, 2.24) is 4.90 Å². The van der Waals surface area contributed by atoms with E-state index in [1.54, 1.807) is 7.11 Å². The Labute approximate surface area is 108 Å². The highest BCUT2D eigenvalue weighted by molar-refractivity contribution is 7.80. The molecular formula is C12H22N2O2S. The monoisotopic (exact) mass is 258 g/mol. The second kappa shape index (κ2) is 5.78. The van der Waals surface area contributed by atoms with E-state index in [1.165, 1.54) is 0 Å². The summed E-state index contributed by atoms with van der Waals surface area (Å²) in [7, 11) is 1.64. The molecule has 0 saturated heterocycles. The molecule has 1 aliphatic carbocycles. The average Bonchev–Trinajstić information content (AvgIpc) is 2.87. The van der Waals surface area contributed by atoms with Crippen molar-refractivity contribution in [1.29, 1.82) is 0 Å². The molecule has 1 amide bonds. The quantitative estimate of drug-likeness (QED) is 0.697. The summed E-state index contributed by atoms with van der Waals surface area (Å²) in [5.41, 5.74) is 5.64. The van der Waals surface area contributed by atoms with Gasteiger partial charge in [0.05, 0.1) is 11.6 Å². The number of hydrogen-bond donors (Lipinski definition) is 1. The Morgan fingerprint density at radius 1 is 1.53 bits per heavy atom. The maximum absolute atomic E-state index is 12.2. The van der Waals surface area contributed by atoms with Gasteiger partial charge >= 0.3 is 0 Å². The van der Waals surface area contributed by atoms with Crippen molar-refractivity contribution >= 4 is 23.1 Å². The van der Waals surface area contributed by atoms with Gasteiger partial charge in [0.1, 0.15) is 0 Å². The fraction of sp³-hybridized carbons (Fsp3) is 0.833. The molecule has 5 heteroatoms. The first kappa shape index (κ1) is 14.4. The molecule has 1 fully saturated rings. The Morgan fingerprint density at radius 2 is 2.12 bits per heavy atom. The summed E-state index contributed by atoms with van der Waals surface area (Å²) in [5.74, 6) is 0.369. The lowest BCUT2D eigenvalue weighted by Crippen LogP contribution is -2.38. The van der Waals surface area contributed by atoms with Crippen LogP contribution in [-0.2, 0) is 9.53 Å². The highest BCUT2D eigenvalue weighted by Gasteiger charge is 2.51. The standard InChI is InChI=1S/C12H22N2O2S/c1-12(2)8-9(12)11(15)14(6-7-16-3)5-4-10(13)17/h9H,4-8H2,1-3H3,(H2,13,17). The number of carbonyl (C=O) groups excluding carboxylic acids is 1. The van der Waals surface area contributed by atoms with Crippen molar-refractivity contribution in [2.45, 2.75) is 26.7 Å². The van der Waals surface area contributed by atoms with Crippen LogP contribution in [0.15, 0.2) is 0 Å². The van der Waals surface area contributed by atoms with Crippen LogP contribution in [0.2, 0.25) is 0 Å². The topological polar surface area (TPSA) is 55.6 Å². The minimum absolute atomic E-state index is 0.158. The number of methoxy groups -OCH3 is 1. The normalized spacial score (nSPS) is 21.0. The van der Waals surface area contributed by atoms with E-state index < -0.39 is 0 Å². The number of rotatable bonds is 7. The molecule has 0 aromatic carbocycles. The van der Waals surface area contributed by atoms with Crippen LogP contribution < -0.4 is 5.73 Å². The first-order valence-electron chi connectivity index (χ1n) is 5.94. The molecule has 1 atom stereocenters. The summed E-state index contributed by atoms with van der Waals surface area (Å²) >= 11 is 4.85. The third-order valence-corrected chi connectivity index (χ3v) is 3.52. The molecule has 98 valence electrons. The SMILES string of the molecule is COCCN(CCC(N)=S)C(=O)C1CC1(C)C. The molecule has 0 aromatic heterocycles. The molecule has 1 aliphatic rings. The van der Waals surface area contributed by atoms with E-state index in [2.05, 4.69) is 13.8 Å². The Hall–Kier alpha value is -0.680. The number of thiocarbonyl (C=S) groups is 1. The average molecular weight is 258 g/mol. The van der Waals surface area contributed by atoms with Crippen LogP contribution in [-0.4, -0.2) is 42.6 Å². The third kappa shape index (κ3) is 4.24. The molecule has 1 rings (SSSR count). The molecule has 0 heterocycles. The first-order chi connectivity index (χ1) is 7.88. The molecule has 0 radical (unpaired) electrons. The lowest BCUT2D eigenvalue weighted by atomic mass is 10.1.